The number of nitrogens with zero attached hydrogens (tertiary/aromatic N) is 4. The van der Waals surface area contributed by atoms with E-state index in [-0.39, 0.29) is 11.8 Å². The number of piperidine rings is 1. The number of carbonyl (C=O) groups is 1. The van der Waals surface area contributed by atoms with E-state index in [2.05, 4.69) is 25.3 Å². The summed E-state index contributed by atoms with van der Waals surface area (Å²) in [5, 5.41) is 6.88. The summed E-state index contributed by atoms with van der Waals surface area (Å²) in [5.74, 6) is 1.64. The normalized spacial score (nSPS) is 17.5. The zero-order valence-electron chi connectivity index (χ0n) is 15.8. The number of hydrogen-bond acceptors (Lipinski definition) is 7. The molecule has 0 aromatic carbocycles. The molecule has 0 saturated carbocycles. The van der Waals surface area contributed by atoms with Crippen LogP contribution in [-0.2, 0) is 11.3 Å². The Hall–Kier alpha value is -3.00. The predicted octanol–water partition coefficient (Wildman–Crippen LogP) is 2.53. The van der Waals surface area contributed by atoms with Crippen LogP contribution in [0.2, 0.25) is 0 Å². The first kappa shape index (κ1) is 18.4. The highest BCUT2D eigenvalue weighted by Crippen LogP contribution is 2.32. The maximum absolute atomic E-state index is 12.3. The fraction of sp³-hybridized carbons (Fsp3) is 0.400. The maximum atomic E-state index is 12.3. The molecule has 1 fully saturated rings. The van der Waals surface area contributed by atoms with Gasteiger partial charge in [-0.2, -0.15) is 0 Å². The number of likely N-dealkylation sites (tertiary alicyclic amines) is 1. The van der Waals surface area contributed by atoms with Crippen LogP contribution >= 0.6 is 0 Å². The van der Waals surface area contributed by atoms with E-state index >= 15 is 0 Å². The Morgan fingerprint density at radius 3 is 3.14 bits per heavy atom. The van der Waals surface area contributed by atoms with Crippen LogP contribution in [0.3, 0.4) is 0 Å². The van der Waals surface area contributed by atoms with E-state index in [1.165, 1.54) is 0 Å². The van der Waals surface area contributed by atoms with Crippen molar-refractivity contribution in [2.24, 2.45) is 0 Å². The average molecular weight is 381 g/mol. The van der Waals surface area contributed by atoms with Gasteiger partial charge >= 0.3 is 0 Å². The molecule has 1 unspecified atom stereocenters. The highest BCUT2D eigenvalue weighted by Gasteiger charge is 2.27. The van der Waals surface area contributed by atoms with Crippen molar-refractivity contribution in [3.05, 3.63) is 54.1 Å². The van der Waals surface area contributed by atoms with Gasteiger partial charge in [0.2, 0.25) is 5.91 Å². The van der Waals surface area contributed by atoms with E-state index in [0.29, 0.717) is 18.8 Å². The minimum absolute atomic E-state index is 0.00850. The van der Waals surface area contributed by atoms with Crippen LogP contribution in [0.15, 0.2) is 45.9 Å². The summed E-state index contributed by atoms with van der Waals surface area (Å²) in [6, 6.07) is 5.55. The van der Waals surface area contributed by atoms with Gasteiger partial charge < -0.3 is 14.3 Å². The van der Waals surface area contributed by atoms with Crippen molar-refractivity contribution in [1.29, 1.82) is 0 Å². The molecular weight excluding hydrogens is 358 g/mol. The molecule has 1 saturated heterocycles. The molecule has 8 nitrogen and oxygen atoms in total. The predicted molar refractivity (Wildman–Crippen MR) is 101 cm³/mol. The molecule has 1 N–H and O–H groups in total. The highest BCUT2D eigenvalue weighted by atomic mass is 16.5. The number of carbonyl (C=O) groups excluding carboxylic acids is 1. The van der Waals surface area contributed by atoms with Gasteiger partial charge in [0, 0.05) is 24.7 Å². The van der Waals surface area contributed by atoms with Crippen molar-refractivity contribution in [2.45, 2.75) is 32.2 Å². The molecule has 3 aromatic heterocycles. The van der Waals surface area contributed by atoms with Gasteiger partial charge in [-0.1, -0.05) is 5.16 Å². The first-order valence-electron chi connectivity index (χ1n) is 9.44. The summed E-state index contributed by atoms with van der Waals surface area (Å²) in [5.41, 5.74) is 2.65. The lowest BCUT2D eigenvalue weighted by Crippen LogP contribution is -2.42. The van der Waals surface area contributed by atoms with Gasteiger partial charge in [-0.05, 0) is 38.4 Å². The van der Waals surface area contributed by atoms with Gasteiger partial charge in [-0.25, -0.2) is 9.97 Å². The molecule has 0 aliphatic carbocycles. The van der Waals surface area contributed by atoms with E-state index in [1.54, 1.807) is 18.8 Å². The summed E-state index contributed by atoms with van der Waals surface area (Å²) >= 11 is 0. The molecule has 8 heteroatoms. The van der Waals surface area contributed by atoms with Crippen molar-refractivity contribution >= 4 is 5.91 Å². The topological polar surface area (TPSA) is 97.3 Å². The van der Waals surface area contributed by atoms with Crippen LogP contribution in [0, 0.1) is 6.92 Å². The van der Waals surface area contributed by atoms with Crippen molar-refractivity contribution < 1.29 is 13.7 Å². The highest BCUT2D eigenvalue weighted by molar-refractivity contribution is 5.78. The Balaban J connectivity index is 1.41. The molecule has 28 heavy (non-hydrogen) atoms. The molecule has 3 aromatic rings. The largest absolute Gasteiger partial charge is 0.467 e. The number of rotatable bonds is 6. The Bertz CT molecular complexity index is 922. The molecule has 1 amide bonds. The number of amides is 1. The van der Waals surface area contributed by atoms with Gasteiger partial charge in [-0.15, -0.1) is 0 Å². The molecule has 1 aliphatic heterocycles. The number of aryl methyl sites for hydroxylation is 1. The summed E-state index contributed by atoms with van der Waals surface area (Å²) in [7, 11) is 0. The molecule has 1 aliphatic rings. The van der Waals surface area contributed by atoms with Crippen LogP contribution < -0.4 is 5.32 Å². The second kappa shape index (κ2) is 8.35. The van der Waals surface area contributed by atoms with Crippen LogP contribution in [0.4, 0.5) is 0 Å². The molecule has 4 heterocycles. The quantitative estimate of drug-likeness (QED) is 0.701. The summed E-state index contributed by atoms with van der Waals surface area (Å²) in [4.78, 5) is 23.2. The summed E-state index contributed by atoms with van der Waals surface area (Å²) < 4.78 is 10.7. The zero-order chi connectivity index (χ0) is 19.3. The zero-order valence-corrected chi connectivity index (χ0v) is 15.8. The lowest BCUT2D eigenvalue weighted by Gasteiger charge is -2.32. The van der Waals surface area contributed by atoms with Crippen LogP contribution in [0.5, 0.6) is 0 Å². The third-order valence-corrected chi connectivity index (χ3v) is 4.94. The van der Waals surface area contributed by atoms with Crippen LogP contribution in [0.25, 0.3) is 11.3 Å². The van der Waals surface area contributed by atoms with E-state index in [4.69, 9.17) is 8.94 Å². The Kier molecular flexibility index (Phi) is 5.48. The van der Waals surface area contributed by atoms with Gasteiger partial charge in [0.25, 0.3) is 0 Å². The summed E-state index contributed by atoms with van der Waals surface area (Å²) in [6.07, 6.45) is 6.97. The standard InChI is InChI=1S/C20H23N5O3/c1-14-8-18(28-24-14)17-10-21-13-23-20(17)15-4-2-6-25(11-15)12-19(26)22-9-16-5-3-7-27-16/h3,5,7-8,10,13,15H,2,4,6,9,11-12H2,1H3,(H,22,26). The molecule has 4 rings (SSSR count). The van der Waals surface area contributed by atoms with Crippen molar-refractivity contribution in [3.63, 3.8) is 0 Å². The smallest absolute Gasteiger partial charge is 0.234 e. The van der Waals surface area contributed by atoms with E-state index in [0.717, 1.165) is 48.6 Å². The molecular formula is C20H23N5O3. The SMILES string of the molecule is Cc1cc(-c2cncnc2C2CCCN(CC(=O)NCc3ccco3)C2)on1. The lowest BCUT2D eigenvalue weighted by molar-refractivity contribution is -0.122. The first-order chi connectivity index (χ1) is 13.7. The van der Waals surface area contributed by atoms with Crippen molar-refractivity contribution in [1.82, 2.24) is 25.3 Å². The summed E-state index contributed by atoms with van der Waals surface area (Å²) in [6.45, 7) is 4.32. The van der Waals surface area contributed by atoms with Crippen LogP contribution in [-0.4, -0.2) is 45.6 Å². The third kappa shape index (κ3) is 4.28. The van der Waals surface area contributed by atoms with E-state index in [9.17, 15) is 4.79 Å². The monoisotopic (exact) mass is 381 g/mol. The molecule has 0 spiro atoms. The fourth-order valence-electron chi connectivity index (χ4n) is 3.62. The van der Waals surface area contributed by atoms with Gasteiger partial charge in [0.15, 0.2) is 5.76 Å². The van der Waals surface area contributed by atoms with Gasteiger partial charge in [-0.3, -0.25) is 9.69 Å². The Morgan fingerprint density at radius 1 is 1.43 bits per heavy atom. The van der Waals surface area contributed by atoms with Gasteiger partial charge in [0.1, 0.15) is 12.1 Å². The molecule has 0 bridgehead atoms. The van der Waals surface area contributed by atoms with E-state index in [1.807, 2.05) is 25.1 Å². The lowest BCUT2D eigenvalue weighted by atomic mass is 9.91. The molecule has 146 valence electrons. The fourth-order valence-corrected chi connectivity index (χ4v) is 3.62. The number of nitrogens with one attached hydrogen (secondary N) is 1. The average Bonchev–Trinajstić information content (AvgIpc) is 3.38. The van der Waals surface area contributed by atoms with Crippen molar-refractivity contribution in [2.75, 3.05) is 19.6 Å². The van der Waals surface area contributed by atoms with E-state index < -0.39 is 0 Å². The second-order valence-corrected chi connectivity index (χ2v) is 7.08. The van der Waals surface area contributed by atoms with Gasteiger partial charge in [0.05, 0.1) is 36.3 Å². The minimum Gasteiger partial charge on any atom is -0.467 e. The first-order valence-corrected chi connectivity index (χ1v) is 9.44. The number of aromatic nitrogens is 3. The molecule has 1 atom stereocenters. The Labute approximate surface area is 162 Å². The van der Waals surface area contributed by atoms with Crippen molar-refractivity contribution in [3.8, 4) is 11.3 Å². The number of furan rings is 1. The number of hydrogen-bond donors (Lipinski definition) is 1. The maximum Gasteiger partial charge on any atom is 0.234 e. The molecule has 0 radical (unpaired) electrons. The third-order valence-electron chi connectivity index (χ3n) is 4.94. The minimum atomic E-state index is -0.00850. The second-order valence-electron chi connectivity index (χ2n) is 7.08. The van der Waals surface area contributed by atoms with Crippen LogP contribution in [0.1, 0.15) is 35.9 Å². The Morgan fingerprint density at radius 2 is 2.36 bits per heavy atom.